The van der Waals surface area contributed by atoms with Crippen LogP contribution in [0.5, 0.6) is 17.2 Å². The Morgan fingerprint density at radius 1 is 1.15 bits per heavy atom. The lowest BCUT2D eigenvalue weighted by molar-refractivity contribution is -0.115. The highest BCUT2D eigenvalue weighted by Gasteiger charge is 2.19. The van der Waals surface area contributed by atoms with Gasteiger partial charge in [-0.2, -0.15) is 8.78 Å². The van der Waals surface area contributed by atoms with Crippen molar-refractivity contribution in [2.24, 2.45) is 0 Å². The molecule has 1 aliphatic rings. The Balaban J connectivity index is 1.65. The van der Waals surface area contributed by atoms with Crippen LogP contribution in [0.4, 0.5) is 14.5 Å². The molecule has 2 aromatic rings. The number of halogens is 2. The zero-order chi connectivity index (χ0) is 19.2. The molecule has 0 bridgehead atoms. The number of carbonyl (C=O) groups is 1. The quantitative estimate of drug-likeness (QED) is 0.726. The van der Waals surface area contributed by atoms with Crippen LogP contribution in [-0.4, -0.2) is 31.0 Å². The van der Waals surface area contributed by atoms with Crippen molar-refractivity contribution in [3.05, 3.63) is 42.5 Å². The molecule has 144 valence electrons. The van der Waals surface area contributed by atoms with E-state index in [1.165, 1.54) is 23.9 Å². The summed E-state index contributed by atoms with van der Waals surface area (Å²) in [5.41, 5.74) is 0.203. The molecule has 2 aromatic carbocycles. The molecule has 5 nitrogen and oxygen atoms in total. The van der Waals surface area contributed by atoms with Crippen molar-refractivity contribution in [3.63, 3.8) is 0 Å². The SMILES string of the molecule is C[C@@H](Sc1ccc2c(c1)OCCCO2)C(=O)Nc1ccccc1OC(F)F. The molecule has 27 heavy (non-hydrogen) atoms. The van der Waals surface area contributed by atoms with E-state index in [4.69, 9.17) is 9.47 Å². The molecule has 8 heteroatoms. The van der Waals surface area contributed by atoms with E-state index in [1.807, 2.05) is 18.2 Å². The monoisotopic (exact) mass is 395 g/mol. The largest absolute Gasteiger partial charge is 0.490 e. The van der Waals surface area contributed by atoms with Crippen LogP contribution in [0.3, 0.4) is 0 Å². The number of nitrogens with one attached hydrogen (secondary N) is 1. The lowest BCUT2D eigenvalue weighted by atomic mass is 10.3. The fraction of sp³-hybridized carbons (Fsp3) is 0.316. The lowest BCUT2D eigenvalue weighted by Gasteiger charge is -2.15. The smallest absolute Gasteiger partial charge is 0.387 e. The first kappa shape index (κ1) is 19.3. The topological polar surface area (TPSA) is 56.8 Å². The second-order valence-electron chi connectivity index (χ2n) is 5.78. The summed E-state index contributed by atoms with van der Waals surface area (Å²) in [6.07, 6.45) is 0.816. The second kappa shape index (κ2) is 8.94. The van der Waals surface area contributed by atoms with E-state index < -0.39 is 11.9 Å². The van der Waals surface area contributed by atoms with Crippen molar-refractivity contribution in [2.45, 2.75) is 30.1 Å². The Bertz CT molecular complexity index is 803. The Hall–Kier alpha value is -2.48. The number of ether oxygens (including phenoxy) is 3. The molecule has 0 saturated carbocycles. The molecule has 0 unspecified atom stereocenters. The van der Waals surface area contributed by atoms with Gasteiger partial charge in [0.05, 0.1) is 24.2 Å². The molecule has 1 aliphatic heterocycles. The first-order chi connectivity index (χ1) is 13.0. The summed E-state index contributed by atoms with van der Waals surface area (Å²) in [4.78, 5) is 13.3. The van der Waals surface area contributed by atoms with Crippen LogP contribution in [0, 0.1) is 0 Å². The van der Waals surface area contributed by atoms with Crippen LogP contribution in [-0.2, 0) is 4.79 Å². The van der Waals surface area contributed by atoms with Crippen LogP contribution in [0.25, 0.3) is 0 Å². The first-order valence-electron chi connectivity index (χ1n) is 8.44. The first-order valence-corrected chi connectivity index (χ1v) is 9.32. The Morgan fingerprint density at radius 2 is 1.89 bits per heavy atom. The predicted octanol–water partition coefficient (Wildman–Crippen LogP) is 4.57. The minimum absolute atomic E-state index is 0.0753. The van der Waals surface area contributed by atoms with E-state index in [-0.39, 0.29) is 17.3 Å². The number of fused-ring (bicyclic) bond motifs is 1. The van der Waals surface area contributed by atoms with Gasteiger partial charge in [0, 0.05) is 11.3 Å². The van der Waals surface area contributed by atoms with Crippen LogP contribution < -0.4 is 19.5 Å². The van der Waals surface area contributed by atoms with Crippen LogP contribution in [0.15, 0.2) is 47.4 Å². The summed E-state index contributed by atoms with van der Waals surface area (Å²) in [7, 11) is 0. The molecule has 0 aromatic heterocycles. The summed E-state index contributed by atoms with van der Waals surface area (Å²) in [6, 6.07) is 11.6. The van der Waals surface area contributed by atoms with Gasteiger partial charge in [0.15, 0.2) is 11.5 Å². The van der Waals surface area contributed by atoms with Gasteiger partial charge < -0.3 is 19.5 Å². The predicted molar refractivity (Wildman–Crippen MR) is 99.1 cm³/mol. The number of alkyl halides is 2. The van der Waals surface area contributed by atoms with Crippen molar-refractivity contribution >= 4 is 23.4 Å². The number of hydrogen-bond acceptors (Lipinski definition) is 5. The second-order valence-corrected chi connectivity index (χ2v) is 7.20. The van der Waals surface area contributed by atoms with E-state index in [0.717, 1.165) is 11.3 Å². The third kappa shape index (κ3) is 5.26. The van der Waals surface area contributed by atoms with E-state index >= 15 is 0 Å². The molecule has 1 N–H and O–H groups in total. The summed E-state index contributed by atoms with van der Waals surface area (Å²) in [6.45, 7) is -0.0348. The lowest BCUT2D eigenvalue weighted by Crippen LogP contribution is -2.23. The van der Waals surface area contributed by atoms with Crippen molar-refractivity contribution in [1.29, 1.82) is 0 Å². The van der Waals surface area contributed by atoms with Gasteiger partial charge in [-0.1, -0.05) is 12.1 Å². The van der Waals surface area contributed by atoms with Gasteiger partial charge in [-0.15, -0.1) is 11.8 Å². The molecule has 3 rings (SSSR count). The molecule has 0 radical (unpaired) electrons. The molecule has 1 amide bonds. The minimum atomic E-state index is -2.96. The fourth-order valence-electron chi connectivity index (χ4n) is 2.48. The molecule has 1 atom stereocenters. The Labute approximate surface area is 160 Å². The van der Waals surface area contributed by atoms with Gasteiger partial charge in [0.25, 0.3) is 0 Å². The number of rotatable bonds is 6. The average Bonchev–Trinajstić information content (AvgIpc) is 2.87. The summed E-state index contributed by atoms with van der Waals surface area (Å²) in [5, 5.41) is 2.17. The van der Waals surface area contributed by atoms with Crippen LogP contribution in [0.1, 0.15) is 13.3 Å². The van der Waals surface area contributed by atoms with Crippen molar-refractivity contribution in [3.8, 4) is 17.2 Å². The molecule has 0 fully saturated rings. The maximum Gasteiger partial charge on any atom is 0.387 e. The van der Waals surface area contributed by atoms with Gasteiger partial charge in [-0.3, -0.25) is 4.79 Å². The third-order valence-electron chi connectivity index (χ3n) is 3.76. The molecule has 0 aliphatic carbocycles. The molecule has 0 spiro atoms. The number of amides is 1. The van der Waals surface area contributed by atoms with Gasteiger partial charge >= 0.3 is 6.61 Å². The number of carbonyl (C=O) groups excluding carboxylic acids is 1. The number of benzene rings is 2. The fourth-order valence-corrected chi connectivity index (χ4v) is 3.37. The van der Waals surface area contributed by atoms with Crippen molar-refractivity contribution in [2.75, 3.05) is 18.5 Å². The van der Waals surface area contributed by atoms with Gasteiger partial charge in [-0.05, 0) is 37.3 Å². The number of anilines is 1. The van der Waals surface area contributed by atoms with Crippen molar-refractivity contribution < 1.29 is 27.8 Å². The summed E-state index contributed by atoms with van der Waals surface area (Å²) >= 11 is 1.33. The molecule has 1 heterocycles. The molecular weight excluding hydrogens is 376 g/mol. The normalized spacial score (nSPS) is 14.4. The number of thioether (sulfide) groups is 1. The van der Waals surface area contributed by atoms with Crippen molar-refractivity contribution in [1.82, 2.24) is 0 Å². The van der Waals surface area contributed by atoms with E-state index in [1.54, 1.807) is 19.1 Å². The minimum Gasteiger partial charge on any atom is -0.490 e. The highest BCUT2D eigenvalue weighted by Crippen LogP contribution is 2.35. The Kier molecular flexibility index (Phi) is 6.39. The molecule has 0 saturated heterocycles. The average molecular weight is 395 g/mol. The van der Waals surface area contributed by atoms with E-state index in [2.05, 4.69) is 10.1 Å². The maximum atomic E-state index is 12.5. The van der Waals surface area contributed by atoms with E-state index in [0.29, 0.717) is 24.7 Å². The van der Waals surface area contributed by atoms with Gasteiger partial charge in [-0.25, -0.2) is 0 Å². The standard InChI is InChI=1S/C19H19F2NO4S/c1-12(18(23)22-14-5-2-3-6-15(14)26-19(20)21)27-13-7-8-16-17(11-13)25-10-4-9-24-16/h2-3,5-8,11-12,19H,4,9-10H2,1H3,(H,22,23)/t12-/m1/s1. The highest BCUT2D eigenvalue weighted by atomic mass is 32.2. The Morgan fingerprint density at radius 3 is 2.67 bits per heavy atom. The van der Waals surface area contributed by atoms with Crippen LogP contribution >= 0.6 is 11.8 Å². The summed E-state index contributed by atoms with van der Waals surface area (Å²) < 4.78 is 40.7. The highest BCUT2D eigenvalue weighted by molar-refractivity contribution is 8.00. The van der Waals surface area contributed by atoms with Gasteiger partial charge in [0.2, 0.25) is 5.91 Å². The van der Waals surface area contributed by atoms with Gasteiger partial charge in [0.1, 0.15) is 5.75 Å². The third-order valence-corrected chi connectivity index (χ3v) is 4.86. The summed E-state index contributed by atoms with van der Waals surface area (Å²) in [5.74, 6) is 0.943. The molecular formula is C19H19F2NO4S. The van der Waals surface area contributed by atoms with Crippen LogP contribution in [0.2, 0.25) is 0 Å². The van der Waals surface area contributed by atoms with E-state index in [9.17, 15) is 13.6 Å². The zero-order valence-electron chi connectivity index (χ0n) is 14.6. The zero-order valence-corrected chi connectivity index (χ0v) is 15.4. The number of para-hydroxylation sites is 2. The number of hydrogen-bond donors (Lipinski definition) is 1. The maximum absolute atomic E-state index is 12.5.